The largest absolute Gasteiger partial charge is 0.396 e. The summed E-state index contributed by atoms with van der Waals surface area (Å²) in [5, 5.41) is 8.61. The lowest BCUT2D eigenvalue weighted by Crippen LogP contribution is -2.28. The van der Waals surface area contributed by atoms with Crippen LogP contribution in [0.3, 0.4) is 0 Å². The van der Waals surface area contributed by atoms with E-state index in [4.69, 9.17) is 10.8 Å². The van der Waals surface area contributed by atoms with Crippen LogP contribution in [-0.2, 0) is 0 Å². The molecule has 0 aliphatic carbocycles. The molecule has 0 amide bonds. The third kappa shape index (κ3) is 3.63. The molecule has 1 aliphatic heterocycles. The van der Waals surface area contributed by atoms with Crippen molar-refractivity contribution in [3.05, 3.63) is 0 Å². The summed E-state index contributed by atoms with van der Waals surface area (Å²) in [5.74, 6) is 0.651. The van der Waals surface area contributed by atoms with Gasteiger partial charge in [-0.1, -0.05) is 6.92 Å². The second kappa shape index (κ2) is 5.58. The van der Waals surface area contributed by atoms with Crippen LogP contribution in [0.25, 0.3) is 0 Å². The summed E-state index contributed by atoms with van der Waals surface area (Å²) in [6, 6.07) is 0.373. The van der Waals surface area contributed by atoms with Gasteiger partial charge < -0.3 is 15.7 Å². The lowest BCUT2D eigenvalue weighted by molar-refractivity contribution is 0.271. The van der Waals surface area contributed by atoms with E-state index in [0.29, 0.717) is 18.6 Å². The van der Waals surface area contributed by atoms with Crippen molar-refractivity contribution < 1.29 is 5.11 Å². The molecule has 0 spiro atoms. The van der Waals surface area contributed by atoms with E-state index in [1.165, 1.54) is 6.42 Å². The second-order valence-corrected chi connectivity index (χ2v) is 4.18. The smallest absolute Gasteiger partial charge is 0.0431 e. The monoisotopic (exact) mass is 186 g/mol. The predicted octanol–water partition coefficient (Wildman–Crippen LogP) is 0.428. The maximum absolute atomic E-state index is 8.61. The first-order chi connectivity index (χ1) is 6.24. The minimum Gasteiger partial charge on any atom is -0.396 e. The van der Waals surface area contributed by atoms with Gasteiger partial charge in [0, 0.05) is 25.7 Å². The van der Waals surface area contributed by atoms with Crippen molar-refractivity contribution in [3.8, 4) is 0 Å². The summed E-state index contributed by atoms with van der Waals surface area (Å²) >= 11 is 0. The first-order valence-electron chi connectivity index (χ1n) is 5.33. The molecule has 2 atom stereocenters. The summed E-state index contributed by atoms with van der Waals surface area (Å²) in [6.07, 6.45) is 3.27. The van der Waals surface area contributed by atoms with Gasteiger partial charge >= 0.3 is 0 Å². The van der Waals surface area contributed by atoms with Gasteiger partial charge in [-0.2, -0.15) is 0 Å². The van der Waals surface area contributed by atoms with Gasteiger partial charge in [0.1, 0.15) is 0 Å². The molecule has 0 radical (unpaired) electrons. The highest BCUT2D eigenvalue weighted by Crippen LogP contribution is 2.14. The fourth-order valence-corrected chi connectivity index (χ4v) is 1.90. The quantitative estimate of drug-likeness (QED) is 0.612. The van der Waals surface area contributed by atoms with E-state index in [0.717, 1.165) is 32.5 Å². The van der Waals surface area contributed by atoms with E-state index in [1.54, 1.807) is 0 Å². The summed E-state index contributed by atoms with van der Waals surface area (Å²) in [4.78, 5) is 2.44. The Labute approximate surface area is 80.9 Å². The molecule has 0 bridgehead atoms. The van der Waals surface area contributed by atoms with Crippen LogP contribution in [0.4, 0.5) is 0 Å². The van der Waals surface area contributed by atoms with Crippen LogP contribution >= 0.6 is 0 Å². The van der Waals surface area contributed by atoms with Crippen molar-refractivity contribution in [1.29, 1.82) is 0 Å². The van der Waals surface area contributed by atoms with E-state index < -0.39 is 0 Å². The lowest BCUT2D eigenvalue weighted by atomic mass is 10.1. The van der Waals surface area contributed by atoms with Crippen molar-refractivity contribution in [2.24, 2.45) is 11.7 Å². The number of likely N-dealkylation sites (tertiary alicyclic amines) is 1. The maximum atomic E-state index is 8.61. The van der Waals surface area contributed by atoms with Crippen LogP contribution < -0.4 is 5.73 Å². The minimum atomic E-state index is 0.329. The zero-order valence-electron chi connectivity index (χ0n) is 8.58. The molecule has 3 heteroatoms. The Morgan fingerprint density at radius 3 is 2.62 bits per heavy atom. The molecule has 1 fully saturated rings. The van der Waals surface area contributed by atoms with Gasteiger partial charge in [0.2, 0.25) is 0 Å². The van der Waals surface area contributed by atoms with Crippen molar-refractivity contribution in [2.75, 3.05) is 26.2 Å². The SMILES string of the molecule is CC1CN(CCCCCO)CC1N. The summed E-state index contributed by atoms with van der Waals surface area (Å²) in [5.41, 5.74) is 5.92. The van der Waals surface area contributed by atoms with Gasteiger partial charge in [0.05, 0.1) is 0 Å². The zero-order valence-corrected chi connectivity index (χ0v) is 8.58. The second-order valence-electron chi connectivity index (χ2n) is 4.18. The fourth-order valence-electron chi connectivity index (χ4n) is 1.90. The van der Waals surface area contributed by atoms with Gasteiger partial charge in [-0.3, -0.25) is 0 Å². The first kappa shape index (κ1) is 11.0. The Balaban J connectivity index is 2.03. The Morgan fingerprint density at radius 2 is 2.08 bits per heavy atom. The normalized spacial score (nSPS) is 29.8. The number of hydrogen-bond donors (Lipinski definition) is 2. The molecule has 1 rings (SSSR count). The lowest BCUT2D eigenvalue weighted by Gasteiger charge is -2.14. The number of nitrogens with two attached hydrogens (primary N) is 1. The molecule has 1 saturated heterocycles. The minimum absolute atomic E-state index is 0.329. The third-order valence-electron chi connectivity index (χ3n) is 2.88. The van der Waals surface area contributed by atoms with Gasteiger partial charge in [0.15, 0.2) is 0 Å². The number of hydrogen-bond acceptors (Lipinski definition) is 3. The molecule has 0 aromatic carbocycles. The van der Waals surface area contributed by atoms with Crippen molar-refractivity contribution in [3.63, 3.8) is 0 Å². The highest BCUT2D eigenvalue weighted by atomic mass is 16.2. The Bertz CT molecular complexity index is 131. The Hall–Kier alpha value is -0.120. The van der Waals surface area contributed by atoms with Crippen LogP contribution in [0, 0.1) is 5.92 Å². The summed E-state index contributed by atoms with van der Waals surface area (Å²) in [6.45, 7) is 5.91. The third-order valence-corrected chi connectivity index (χ3v) is 2.88. The van der Waals surface area contributed by atoms with Gasteiger partial charge in [-0.15, -0.1) is 0 Å². The molecule has 0 saturated carbocycles. The molecular formula is C10H22N2O. The Morgan fingerprint density at radius 1 is 1.31 bits per heavy atom. The van der Waals surface area contributed by atoms with E-state index in [2.05, 4.69) is 11.8 Å². The number of nitrogens with zero attached hydrogens (tertiary/aromatic N) is 1. The van der Waals surface area contributed by atoms with Crippen LogP contribution in [0.2, 0.25) is 0 Å². The van der Waals surface area contributed by atoms with Crippen LogP contribution in [0.5, 0.6) is 0 Å². The van der Waals surface area contributed by atoms with Crippen LogP contribution in [-0.4, -0.2) is 42.3 Å². The van der Waals surface area contributed by atoms with E-state index >= 15 is 0 Å². The van der Waals surface area contributed by atoms with Gasteiger partial charge in [0.25, 0.3) is 0 Å². The molecule has 3 nitrogen and oxygen atoms in total. The number of unbranched alkanes of at least 4 members (excludes halogenated alkanes) is 2. The number of aliphatic hydroxyl groups is 1. The van der Waals surface area contributed by atoms with E-state index in [1.807, 2.05) is 0 Å². The van der Waals surface area contributed by atoms with Crippen LogP contribution in [0.1, 0.15) is 26.2 Å². The van der Waals surface area contributed by atoms with Crippen molar-refractivity contribution >= 4 is 0 Å². The standard InChI is InChI=1S/C10H22N2O/c1-9-7-12(8-10(9)11)5-3-2-4-6-13/h9-10,13H,2-8,11H2,1H3. The molecule has 78 valence electrons. The van der Waals surface area contributed by atoms with Gasteiger partial charge in [-0.25, -0.2) is 0 Å². The van der Waals surface area contributed by atoms with E-state index in [9.17, 15) is 0 Å². The van der Waals surface area contributed by atoms with E-state index in [-0.39, 0.29) is 0 Å². The highest BCUT2D eigenvalue weighted by Gasteiger charge is 2.25. The molecule has 1 aliphatic rings. The first-order valence-corrected chi connectivity index (χ1v) is 5.33. The molecule has 3 N–H and O–H groups in total. The highest BCUT2D eigenvalue weighted by molar-refractivity contribution is 4.83. The van der Waals surface area contributed by atoms with Crippen molar-refractivity contribution in [1.82, 2.24) is 4.90 Å². The number of rotatable bonds is 5. The topological polar surface area (TPSA) is 49.5 Å². The molecule has 0 aromatic heterocycles. The van der Waals surface area contributed by atoms with Crippen LogP contribution in [0.15, 0.2) is 0 Å². The summed E-state index contributed by atoms with van der Waals surface area (Å²) in [7, 11) is 0. The summed E-state index contributed by atoms with van der Waals surface area (Å²) < 4.78 is 0. The Kier molecular flexibility index (Phi) is 4.70. The molecular weight excluding hydrogens is 164 g/mol. The zero-order chi connectivity index (χ0) is 9.68. The van der Waals surface area contributed by atoms with Gasteiger partial charge in [-0.05, 0) is 31.7 Å². The molecule has 13 heavy (non-hydrogen) atoms. The fraction of sp³-hybridized carbons (Fsp3) is 1.00. The molecule has 2 unspecified atom stereocenters. The average molecular weight is 186 g/mol. The number of aliphatic hydroxyl groups excluding tert-OH is 1. The molecule has 1 heterocycles. The maximum Gasteiger partial charge on any atom is 0.0431 e. The predicted molar refractivity (Wildman–Crippen MR) is 54.5 cm³/mol. The molecule has 0 aromatic rings. The average Bonchev–Trinajstić information content (AvgIpc) is 2.41. The van der Waals surface area contributed by atoms with Crippen molar-refractivity contribution in [2.45, 2.75) is 32.2 Å².